The first-order chi connectivity index (χ1) is 12.0. The van der Waals surface area contributed by atoms with Crippen LogP contribution in [0.5, 0.6) is 5.75 Å². The van der Waals surface area contributed by atoms with E-state index in [-0.39, 0.29) is 17.8 Å². The van der Waals surface area contributed by atoms with Gasteiger partial charge in [0.05, 0.1) is 6.04 Å². The predicted molar refractivity (Wildman–Crippen MR) is 93.0 cm³/mol. The van der Waals surface area contributed by atoms with E-state index < -0.39 is 6.10 Å². The van der Waals surface area contributed by atoms with Crippen molar-refractivity contribution >= 4 is 17.7 Å². The van der Waals surface area contributed by atoms with E-state index in [4.69, 9.17) is 4.74 Å². The number of rotatable bonds is 5. The molecule has 6 nitrogen and oxygen atoms in total. The number of ether oxygens (including phenoxy) is 1. The van der Waals surface area contributed by atoms with Gasteiger partial charge in [-0.2, -0.15) is 0 Å². The van der Waals surface area contributed by atoms with E-state index in [1.54, 1.807) is 24.0 Å². The molecule has 0 N–H and O–H groups in total. The van der Waals surface area contributed by atoms with E-state index in [1.807, 2.05) is 17.9 Å². The second-order valence-electron chi connectivity index (χ2n) is 6.01. The molecular formula is C17H21FN4O2S. The zero-order valence-corrected chi connectivity index (χ0v) is 15.3. The van der Waals surface area contributed by atoms with Crippen molar-refractivity contribution in [3.05, 3.63) is 35.9 Å². The lowest BCUT2D eigenvalue weighted by Crippen LogP contribution is -2.40. The van der Waals surface area contributed by atoms with Gasteiger partial charge in [0.2, 0.25) is 0 Å². The Hall–Kier alpha value is -2.09. The standard InChI is InChI=1S/C17H21FN4O2S/c1-11(24-13-7-4-6-12(18)10-13)16(23)22-9-5-8-14(22)15-19-20-17(25-3)21(15)2/h4,6-7,10-11,14H,5,8-9H2,1-3H3/t11-,14+/m0/s1. The Morgan fingerprint density at radius 3 is 2.92 bits per heavy atom. The molecule has 0 bridgehead atoms. The number of nitrogens with zero attached hydrogens (tertiary/aromatic N) is 4. The summed E-state index contributed by atoms with van der Waals surface area (Å²) in [5.41, 5.74) is 0. The molecule has 2 aromatic rings. The highest BCUT2D eigenvalue weighted by Crippen LogP contribution is 2.32. The van der Waals surface area contributed by atoms with Crippen LogP contribution >= 0.6 is 11.8 Å². The van der Waals surface area contributed by atoms with Crippen molar-refractivity contribution < 1.29 is 13.9 Å². The smallest absolute Gasteiger partial charge is 0.263 e. The lowest BCUT2D eigenvalue weighted by molar-refractivity contribution is -0.139. The van der Waals surface area contributed by atoms with Crippen LogP contribution in [0, 0.1) is 5.82 Å². The largest absolute Gasteiger partial charge is 0.481 e. The van der Waals surface area contributed by atoms with Gasteiger partial charge in [-0.15, -0.1) is 10.2 Å². The molecule has 25 heavy (non-hydrogen) atoms. The van der Waals surface area contributed by atoms with Crippen LogP contribution in [0.15, 0.2) is 29.4 Å². The summed E-state index contributed by atoms with van der Waals surface area (Å²) >= 11 is 1.52. The molecule has 0 unspecified atom stereocenters. The van der Waals surface area contributed by atoms with E-state index in [9.17, 15) is 9.18 Å². The van der Waals surface area contributed by atoms with Gasteiger partial charge in [0.25, 0.3) is 5.91 Å². The topological polar surface area (TPSA) is 60.3 Å². The highest BCUT2D eigenvalue weighted by atomic mass is 32.2. The zero-order valence-electron chi connectivity index (χ0n) is 14.5. The van der Waals surface area contributed by atoms with E-state index in [1.165, 1.54) is 23.9 Å². The summed E-state index contributed by atoms with van der Waals surface area (Å²) in [6.45, 7) is 2.34. The fraction of sp³-hybridized carbons (Fsp3) is 0.471. The molecule has 134 valence electrons. The molecule has 8 heteroatoms. The first kappa shape index (κ1) is 17.7. The number of thioether (sulfide) groups is 1. The molecule has 2 heterocycles. The number of carbonyl (C=O) groups excluding carboxylic acids is 1. The number of halogens is 1. The summed E-state index contributed by atoms with van der Waals surface area (Å²) in [6.07, 6.45) is 3.00. The predicted octanol–water partition coefficient (Wildman–Crippen LogP) is 2.81. The summed E-state index contributed by atoms with van der Waals surface area (Å²) in [5, 5.41) is 9.24. The molecule has 1 fully saturated rings. The van der Waals surface area contributed by atoms with Gasteiger partial charge in [-0.25, -0.2) is 4.39 Å². The van der Waals surface area contributed by atoms with Crippen molar-refractivity contribution in [1.29, 1.82) is 0 Å². The highest BCUT2D eigenvalue weighted by Gasteiger charge is 2.36. The second-order valence-corrected chi connectivity index (χ2v) is 6.78. The van der Waals surface area contributed by atoms with Crippen molar-refractivity contribution in [2.45, 2.75) is 37.1 Å². The Morgan fingerprint density at radius 2 is 2.24 bits per heavy atom. The monoisotopic (exact) mass is 364 g/mol. The Labute approximate surface area is 150 Å². The Morgan fingerprint density at radius 1 is 1.44 bits per heavy atom. The maximum Gasteiger partial charge on any atom is 0.263 e. The van der Waals surface area contributed by atoms with Gasteiger partial charge in [-0.3, -0.25) is 4.79 Å². The number of hydrogen-bond acceptors (Lipinski definition) is 5. The third kappa shape index (κ3) is 3.63. The molecule has 0 radical (unpaired) electrons. The molecular weight excluding hydrogens is 343 g/mol. The Balaban J connectivity index is 1.74. The summed E-state index contributed by atoms with van der Waals surface area (Å²) < 4.78 is 20.8. The number of likely N-dealkylation sites (tertiary alicyclic amines) is 1. The molecule has 1 aliphatic heterocycles. The van der Waals surface area contributed by atoms with Crippen molar-refractivity contribution in [2.24, 2.45) is 7.05 Å². The van der Waals surface area contributed by atoms with Crippen LogP contribution in [-0.2, 0) is 11.8 Å². The molecule has 1 amide bonds. The van der Waals surface area contributed by atoms with Crippen LogP contribution in [0.25, 0.3) is 0 Å². The average Bonchev–Trinajstić information content (AvgIpc) is 3.20. The van der Waals surface area contributed by atoms with E-state index in [0.29, 0.717) is 12.3 Å². The van der Waals surface area contributed by atoms with Crippen molar-refractivity contribution in [3.63, 3.8) is 0 Å². The minimum Gasteiger partial charge on any atom is -0.481 e. The van der Waals surface area contributed by atoms with Crippen molar-refractivity contribution in [1.82, 2.24) is 19.7 Å². The average molecular weight is 364 g/mol. The minimum absolute atomic E-state index is 0.107. The Kier molecular flexibility index (Phi) is 5.27. The third-order valence-electron chi connectivity index (χ3n) is 4.34. The molecule has 1 aliphatic rings. The number of amides is 1. The number of hydrogen-bond donors (Lipinski definition) is 0. The van der Waals surface area contributed by atoms with Crippen LogP contribution in [-0.4, -0.2) is 44.5 Å². The fourth-order valence-corrected chi connectivity index (χ4v) is 3.61. The lowest BCUT2D eigenvalue weighted by Gasteiger charge is -2.27. The summed E-state index contributed by atoms with van der Waals surface area (Å²) in [4.78, 5) is 14.6. The van der Waals surface area contributed by atoms with Crippen LogP contribution in [0.1, 0.15) is 31.6 Å². The fourth-order valence-electron chi connectivity index (χ4n) is 3.12. The molecule has 0 aliphatic carbocycles. The quantitative estimate of drug-likeness (QED) is 0.764. The lowest BCUT2D eigenvalue weighted by atomic mass is 10.2. The maximum absolute atomic E-state index is 13.3. The first-order valence-electron chi connectivity index (χ1n) is 8.17. The Bertz CT molecular complexity index is 767. The maximum atomic E-state index is 13.3. The number of carbonyl (C=O) groups is 1. The van der Waals surface area contributed by atoms with Gasteiger partial charge in [-0.1, -0.05) is 17.8 Å². The summed E-state index contributed by atoms with van der Waals surface area (Å²) in [5.74, 6) is 0.619. The normalized spacial score (nSPS) is 18.4. The van der Waals surface area contributed by atoms with Gasteiger partial charge >= 0.3 is 0 Å². The van der Waals surface area contributed by atoms with E-state index >= 15 is 0 Å². The molecule has 1 saturated heterocycles. The minimum atomic E-state index is -0.698. The number of benzene rings is 1. The zero-order chi connectivity index (χ0) is 18.0. The van der Waals surface area contributed by atoms with Crippen LogP contribution < -0.4 is 4.74 Å². The molecule has 0 spiro atoms. The SMILES string of the molecule is CSc1nnc([C@H]2CCCN2C(=O)[C@H](C)Oc2cccc(F)c2)n1C. The van der Waals surface area contributed by atoms with Gasteiger partial charge < -0.3 is 14.2 Å². The first-order valence-corrected chi connectivity index (χ1v) is 9.39. The van der Waals surface area contributed by atoms with Crippen molar-refractivity contribution in [3.8, 4) is 5.75 Å². The van der Waals surface area contributed by atoms with Crippen LogP contribution in [0.2, 0.25) is 0 Å². The second kappa shape index (κ2) is 7.43. The van der Waals surface area contributed by atoms with Crippen molar-refractivity contribution in [2.75, 3.05) is 12.8 Å². The van der Waals surface area contributed by atoms with E-state index in [2.05, 4.69) is 10.2 Å². The molecule has 1 aromatic heterocycles. The molecule has 0 saturated carbocycles. The van der Waals surface area contributed by atoms with Crippen LogP contribution in [0.4, 0.5) is 4.39 Å². The molecule has 1 aromatic carbocycles. The summed E-state index contributed by atoms with van der Waals surface area (Å²) in [6, 6.07) is 5.71. The van der Waals surface area contributed by atoms with Crippen LogP contribution in [0.3, 0.4) is 0 Å². The van der Waals surface area contributed by atoms with Gasteiger partial charge in [0.15, 0.2) is 17.1 Å². The third-order valence-corrected chi connectivity index (χ3v) is 5.06. The van der Waals surface area contributed by atoms with Gasteiger partial charge in [0, 0.05) is 19.7 Å². The molecule has 3 rings (SSSR count). The summed E-state index contributed by atoms with van der Waals surface area (Å²) in [7, 11) is 1.91. The number of aromatic nitrogens is 3. The van der Waals surface area contributed by atoms with Gasteiger partial charge in [-0.05, 0) is 38.2 Å². The van der Waals surface area contributed by atoms with Gasteiger partial charge in [0.1, 0.15) is 11.6 Å². The highest BCUT2D eigenvalue weighted by molar-refractivity contribution is 7.98. The van der Waals surface area contributed by atoms with E-state index in [0.717, 1.165) is 23.8 Å². The molecule has 2 atom stereocenters.